The van der Waals surface area contributed by atoms with Crippen LogP contribution in [0.15, 0.2) is 73.3 Å². The second kappa shape index (κ2) is 11.0. The zero-order chi connectivity index (χ0) is 19.4. The molecular weight excluding hydrogens is 352 g/mol. The monoisotopic (exact) mass is 378 g/mol. The predicted octanol–water partition coefficient (Wildman–Crippen LogP) is 3.18. The van der Waals surface area contributed by atoms with Crippen molar-refractivity contribution in [2.24, 2.45) is 0 Å². The molecule has 1 aromatic heterocycles. The number of aromatic nitrogens is 3. The lowest BCUT2D eigenvalue weighted by atomic mass is 10.1. The normalized spacial score (nSPS) is 11.9. The number of hydrogen-bond donors (Lipinski definition) is 1. The van der Waals surface area contributed by atoms with E-state index >= 15 is 0 Å². The first kappa shape index (κ1) is 19.8. The molecule has 0 saturated heterocycles. The summed E-state index contributed by atoms with van der Waals surface area (Å²) in [6, 6.07) is 20.0. The fourth-order valence-electron chi connectivity index (χ4n) is 2.97. The van der Waals surface area contributed by atoms with Gasteiger partial charge in [0.05, 0.1) is 19.2 Å². The van der Waals surface area contributed by atoms with Crippen LogP contribution in [-0.2, 0) is 22.5 Å². The molecule has 3 aromatic rings. The SMILES string of the molecule is O=C(CCCOCCc1ccccc1)NC(Cn1cncn1)c1ccccc1. The molecule has 0 radical (unpaired) electrons. The number of amides is 1. The van der Waals surface area contributed by atoms with Crippen LogP contribution in [0.5, 0.6) is 0 Å². The molecule has 1 atom stereocenters. The zero-order valence-electron chi connectivity index (χ0n) is 15.9. The highest BCUT2D eigenvalue weighted by atomic mass is 16.5. The van der Waals surface area contributed by atoms with E-state index in [0.29, 0.717) is 32.6 Å². The van der Waals surface area contributed by atoms with Crippen molar-refractivity contribution in [2.75, 3.05) is 13.2 Å². The molecule has 0 fully saturated rings. The Labute approximate surface area is 165 Å². The van der Waals surface area contributed by atoms with Crippen LogP contribution in [-0.4, -0.2) is 33.9 Å². The number of nitrogens with one attached hydrogen (secondary N) is 1. The van der Waals surface area contributed by atoms with Crippen LogP contribution in [0.4, 0.5) is 0 Å². The Kier molecular flexibility index (Phi) is 7.76. The molecular formula is C22H26N4O2. The standard InChI is InChI=1S/C22H26N4O2/c27-22(12-7-14-28-15-13-19-8-3-1-4-9-19)25-21(16-26-18-23-17-24-26)20-10-5-2-6-11-20/h1-6,8-11,17-18,21H,7,12-16H2,(H,25,27). The van der Waals surface area contributed by atoms with Gasteiger partial charge in [-0.15, -0.1) is 0 Å². The Morgan fingerprint density at radius 1 is 1.04 bits per heavy atom. The van der Waals surface area contributed by atoms with Gasteiger partial charge in [0.15, 0.2) is 0 Å². The van der Waals surface area contributed by atoms with Crippen LogP contribution in [0.3, 0.4) is 0 Å². The Morgan fingerprint density at radius 3 is 2.50 bits per heavy atom. The zero-order valence-corrected chi connectivity index (χ0v) is 15.9. The fourth-order valence-corrected chi connectivity index (χ4v) is 2.97. The third-order valence-electron chi connectivity index (χ3n) is 4.44. The van der Waals surface area contributed by atoms with Crippen molar-refractivity contribution in [3.05, 3.63) is 84.4 Å². The Morgan fingerprint density at radius 2 is 1.79 bits per heavy atom. The number of carbonyl (C=O) groups is 1. The van der Waals surface area contributed by atoms with Gasteiger partial charge in [-0.3, -0.25) is 9.48 Å². The maximum Gasteiger partial charge on any atom is 0.220 e. The average Bonchev–Trinajstić information content (AvgIpc) is 3.25. The number of hydrogen-bond acceptors (Lipinski definition) is 4. The second-order valence-electron chi connectivity index (χ2n) is 6.60. The van der Waals surface area contributed by atoms with Crippen LogP contribution >= 0.6 is 0 Å². The van der Waals surface area contributed by atoms with E-state index in [4.69, 9.17) is 4.74 Å². The molecule has 0 aliphatic heterocycles. The van der Waals surface area contributed by atoms with E-state index in [1.54, 1.807) is 11.0 Å². The van der Waals surface area contributed by atoms with Crippen LogP contribution in [0.1, 0.15) is 30.0 Å². The smallest absolute Gasteiger partial charge is 0.220 e. The summed E-state index contributed by atoms with van der Waals surface area (Å²) in [7, 11) is 0. The highest BCUT2D eigenvalue weighted by Gasteiger charge is 2.15. The molecule has 0 aliphatic rings. The molecule has 0 aliphatic carbocycles. The van der Waals surface area contributed by atoms with Crippen LogP contribution in [0.25, 0.3) is 0 Å². The minimum Gasteiger partial charge on any atom is -0.381 e. The Hall–Kier alpha value is -2.99. The van der Waals surface area contributed by atoms with Gasteiger partial charge in [-0.25, -0.2) is 4.98 Å². The van der Waals surface area contributed by atoms with Gasteiger partial charge < -0.3 is 10.1 Å². The minimum atomic E-state index is -0.144. The molecule has 146 valence electrons. The molecule has 1 heterocycles. The maximum atomic E-state index is 12.4. The van der Waals surface area contributed by atoms with E-state index in [1.807, 2.05) is 48.5 Å². The summed E-state index contributed by atoms with van der Waals surface area (Å²) in [6.07, 6.45) is 5.18. The van der Waals surface area contributed by atoms with Gasteiger partial charge in [-0.2, -0.15) is 5.10 Å². The third kappa shape index (κ3) is 6.63. The second-order valence-corrected chi connectivity index (χ2v) is 6.60. The van der Waals surface area contributed by atoms with Crippen LogP contribution in [0, 0.1) is 0 Å². The molecule has 28 heavy (non-hydrogen) atoms. The number of benzene rings is 2. The number of carbonyl (C=O) groups excluding carboxylic acids is 1. The van der Waals surface area contributed by atoms with E-state index in [1.165, 1.54) is 11.9 Å². The Bertz CT molecular complexity index is 807. The molecule has 3 rings (SSSR count). The average molecular weight is 378 g/mol. The maximum absolute atomic E-state index is 12.4. The Balaban J connectivity index is 1.39. The first-order valence-electron chi connectivity index (χ1n) is 9.59. The summed E-state index contributed by atoms with van der Waals surface area (Å²) < 4.78 is 7.39. The molecule has 0 spiro atoms. The van der Waals surface area contributed by atoms with Crippen molar-refractivity contribution in [3.63, 3.8) is 0 Å². The largest absolute Gasteiger partial charge is 0.381 e. The molecule has 1 N–H and O–H groups in total. The lowest BCUT2D eigenvalue weighted by molar-refractivity contribution is -0.122. The summed E-state index contributed by atoms with van der Waals surface area (Å²) in [6.45, 7) is 1.80. The minimum absolute atomic E-state index is 0.0145. The summed E-state index contributed by atoms with van der Waals surface area (Å²) >= 11 is 0. The van der Waals surface area contributed by atoms with Gasteiger partial charge in [0, 0.05) is 13.0 Å². The van der Waals surface area contributed by atoms with Gasteiger partial charge in [-0.1, -0.05) is 60.7 Å². The van der Waals surface area contributed by atoms with Gasteiger partial charge in [-0.05, 0) is 24.0 Å². The van der Waals surface area contributed by atoms with Crippen molar-refractivity contribution in [2.45, 2.75) is 31.8 Å². The summed E-state index contributed by atoms with van der Waals surface area (Å²) in [5.74, 6) is 0.0145. The molecule has 0 saturated carbocycles. The third-order valence-corrected chi connectivity index (χ3v) is 4.44. The van der Waals surface area contributed by atoms with Crippen molar-refractivity contribution in [1.82, 2.24) is 20.1 Å². The van der Waals surface area contributed by atoms with Crippen molar-refractivity contribution in [1.29, 1.82) is 0 Å². The van der Waals surface area contributed by atoms with Gasteiger partial charge >= 0.3 is 0 Å². The lowest BCUT2D eigenvalue weighted by Crippen LogP contribution is -2.31. The first-order valence-corrected chi connectivity index (χ1v) is 9.59. The van der Waals surface area contributed by atoms with Gasteiger partial charge in [0.25, 0.3) is 0 Å². The quantitative estimate of drug-likeness (QED) is 0.520. The first-order chi connectivity index (χ1) is 13.8. The van der Waals surface area contributed by atoms with Crippen molar-refractivity contribution >= 4 is 5.91 Å². The highest BCUT2D eigenvalue weighted by molar-refractivity contribution is 5.76. The highest BCUT2D eigenvalue weighted by Crippen LogP contribution is 2.15. The number of nitrogens with zero attached hydrogens (tertiary/aromatic N) is 3. The number of rotatable bonds is 11. The van der Waals surface area contributed by atoms with Crippen LogP contribution < -0.4 is 5.32 Å². The summed E-state index contributed by atoms with van der Waals surface area (Å²) in [5, 5.41) is 7.25. The predicted molar refractivity (Wildman–Crippen MR) is 108 cm³/mol. The van der Waals surface area contributed by atoms with E-state index in [0.717, 1.165) is 12.0 Å². The van der Waals surface area contributed by atoms with E-state index in [2.05, 4.69) is 27.5 Å². The summed E-state index contributed by atoms with van der Waals surface area (Å²) in [4.78, 5) is 16.4. The molecule has 0 bridgehead atoms. The number of ether oxygens (including phenoxy) is 1. The van der Waals surface area contributed by atoms with Crippen molar-refractivity contribution in [3.8, 4) is 0 Å². The molecule has 6 nitrogen and oxygen atoms in total. The van der Waals surface area contributed by atoms with Crippen molar-refractivity contribution < 1.29 is 9.53 Å². The van der Waals surface area contributed by atoms with E-state index in [9.17, 15) is 4.79 Å². The van der Waals surface area contributed by atoms with E-state index < -0.39 is 0 Å². The summed E-state index contributed by atoms with van der Waals surface area (Å²) in [5.41, 5.74) is 2.31. The molecule has 6 heteroatoms. The van der Waals surface area contributed by atoms with E-state index in [-0.39, 0.29) is 11.9 Å². The lowest BCUT2D eigenvalue weighted by Gasteiger charge is -2.19. The van der Waals surface area contributed by atoms with Crippen LogP contribution in [0.2, 0.25) is 0 Å². The topological polar surface area (TPSA) is 69.0 Å². The fraction of sp³-hybridized carbons (Fsp3) is 0.318. The van der Waals surface area contributed by atoms with Gasteiger partial charge in [0.1, 0.15) is 12.7 Å². The van der Waals surface area contributed by atoms with Gasteiger partial charge in [0.2, 0.25) is 5.91 Å². The molecule has 1 amide bonds. The molecule has 1 unspecified atom stereocenters. The molecule has 2 aromatic carbocycles.